The number of para-hydroxylation sites is 1. The smallest absolute Gasteiger partial charge is 0.340 e. The van der Waals surface area contributed by atoms with Crippen molar-refractivity contribution in [3.63, 3.8) is 0 Å². The molecule has 0 spiro atoms. The number of hydrogen-bond acceptors (Lipinski definition) is 6. The molecule has 23 heavy (non-hydrogen) atoms. The third kappa shape index (κ3) is 4.67. The van der Waals surface area contributed by atoms with Crippen molar-refractivity contribution in [1.82, 2.24) is 9.97 Å². The largest absolute Gasteiger partial charge is 0.462 e. The van der Waals surface area contributed by atoms with Crippen LogP contribution in [0.5, 0.6) is 0 Å². The summed E-state index contributed by atoms with van der Waals surface area (Å²) in [5, 5.41) is 6.34. The van der Waals surface area contributed by atoms with Gasteiger partial charge in [0.25, 0.3) is 0 Å². The molecule has 0 radical (unpaired) electrons. The third-order valence-electron chi connectivity index (χ3n) is 3.08. The summed E-state index contributed by atoms with van der Waals surface area (Å²) in [6.45, 7) is 6.95. The lowest BCUT2D eigenvalue weighted by Gasteiger charge is -2.12. The average Bonchev–Trinajstić information content (AvgIpc) is 2.53. The van der Waals surface area contributed by atoms with Crippen LogP contribution in [0.1, 0.15) is 36.3 Å². The van der Waals surface area contributed by atoms with Gasteiger partial charge in [0.2, 0.25) is 5.95 Å². The Labute approximate surface area is 136 Å². The highest BCUT2D eigenvalue weighted by Crippen LogP contribution is 2.21. The van der Waals surface area contributed by atoms with Crippen molar-refractivity contribution < 1.29 is 9.53 Å². The summed E-state index contributed by atoms with van der Waals surface area (Å²) in [4.78, 5) is 20.8. The van der Waals surface area contributed by atoms with Crippen LogP contribution in [0.25, 0.3) is 0 Å². The molecule has 0 aliphatic rings. The van der Waals surface area contributed by atoms with E-state index in [-0.39, 0.29) is 5.97 Å². The van der Waals surface area contributed by atoms with Crippen molar-refractivity contribution in [2.24, 2.45) is 0 Å². The molecule has 0 amide bonds. The number of benzene rings is 1. The van der Waals surface area contributed by atoms with Crippen LogP contribution in [-0.2, 0) is 4.74 Å². The van der Waals surface area contributed by atoms with Gasteiger partial charge in [-0.2, -0.15) is 4.98 Å². The van der Waals surface area contributed by atoms with Crippen LogP contribution in [0.15, 0.2) is 30.3 Å². The molecule has 0 aliphatic carbocycles. The van der Waals surface area contributed by atoms with Gasteiger partial charge in [-0.1, -0.05) is 19.1 Å². The van der Waals surface area contributed by atoms with Crippen LogP contribution in [0.3, 0.4) is 0 Å². The van der Waals surface area contributed by atoms with Gasteiger partial charge in [0, 0.05) is 18.3 Å². The highest BCUT2D eigenvalue weighted by atomic mass is 16.5. The van der Waals surface area contributed by atoms with E-state index in [1.54, 1.807) is 25.1 Å². The molecule has 0 saturated heterocycles. The number of nitrogens with one attached hydrogen (secondary N) is 2. The molecule has 0 fully saturated rings. The monoisotopic (exact) mass is 314 g/mol. The first-order valence-corrected chi connectivity index (χ1v) is 7.76. The highest BCUT2D eigenvalue weighted by molar-refractivity contribution is 5.96. The molecule has 6 heteroatoms. The van der Waals surface area contributed by atoms with E-state index in [0.717, 1.165) is 24.5 Å². The Morgan fingerprint density at radius 1 is 1.22 bits per heavy atom. The summed E-state index contributed by atoms with van der Waals surface area (Å²) in [5.41, 5.74) is 1.93. The Morgan fingerprint density at radius 2 is 2.00 bits per heavy atom. The number of aryl methyl sites for hydroxylation is 1. The predicted octanol–water partition coefficient (Wildman–Crippen LogP) is 3.53. The van der Waals surface area contributed by atoms with Gasteiger partial charge in [0.05, 0.1) is 17.9 Å². The maximum atomic E-state index is 12.0. The lowest BCUT2D eigenvalue weighted by atomic mass is 10.2. The van der Waals surface area contributed by atoms with Gasteiger partial charge in [0.1, 0.15) is 5.82 Å². The first kappa shape index (κ1) is 16.7. The van der Waals surface area contributed by atoms with Gasteiger partial charge in [0.15, 0.2) is 0 Å². The molecule has 2 aromatic rings. The van der Waals surface area contributed by atoms with Crippen molar-refractivity contribution in [3.05, 3.63) is 41.6 Å². The van der Waals surface area contributed by atoms with Crippen LogP contribution < -0.4 is 10.6 Å². The first-order valence-electron chi connectivity index (χ1n) is 7.76. The minimum Gasteiger partial charge on any atom is -0.462 e. The minimum absolute atomic E-state index is 0.333. The third-order valence-corrected chi connectivity index (χ3v) is 3.08. The Morgan fingerprint density at radius 3 is 2.74 bits per heavy atom. The summed E-state index contributed by atoms with van der Waals surface area (Å²) in [6, 6.07) is 9.04. The lowest BCUT2D eigenvalue weighted by Crippen LogP contribution is -2.10. The molecular formula is C17H22N4O2. The standard InChI is InChI=1S/C17H22N4O2/c1-4-10-18-15-11-12(3)19-17(21-15)20-14-9-7-6-8-13(14)16(22)23-5-2/h6-9,11H,4-5,10H2,1-3H3,(H2,18,19,20,21). The van der Waals surface area contributed by atoms with Crippen LogP contribution in [0.2, 0.25) is 0 Å². The highest BCUT2D eigenvalue weighted by Gasteiger charge is 2.13. The van der Waals surface area contributed by atoms with Gasteiger partial charge < -0.3 is 15.4 Å². The van der Waals surface area contributed by atoms with E-state index in [1.165, 1.54) is 0 Å². The van der Waals surface area contributed by atoms with E-state index in [0.29, 0.717) is 23.8 Å². The van der Waals surface area contributed by atoms with E-state index < -0.39 is 0 Å². The average molecular weight is 314 g/mol. The molecule has 0 unspecified atom stereocenters. The number of hydrogen-bond donors (Lipinski definition) is 2. The maximum absolute atomic E-state index is 12.0. The second-order valence-electron chi connectivity index (χ2n) is 5.04. The molecule has 1 aromatic carbocycles. The molecular weight excluding hydrogens is 292 g/mol. The zero-order valence-electron chi connectivity index (χ0n) is 13.7. The fourth-order valence-electron chi connectivity index (χ4n) is 2.07. The SMILES string of the molecule is CCCNc1cc(C)nc(Nc2ccccc2C(=O)OCC)n1. The second-order valence-corrected chi connectivity index (χ2v) is 5.04. The van der Waals surface area contributed by atoms with Crippen molar-refractivity contribution in [3.8, 4) is 0 Å². The number of carbonyl (C=O) groups is 1. The fourth-order valence-corrected chi connectivity index (χ4v) is 2.07. The van der Waals surface area contributed by atoms with Crippen LogP contribution in [-0.4, -0.2) is 29.1 Å². The van der Waals surface area contributed by atoms with Crippen molar-refractivity contribution in [2.75, 3.05) is 23.8 Å². The summed E-state index contributed by atoms with van der Waals surface area (Å²) in [6.07, 6.45) is 1.01. The number of nitrogens with zero attached hydrogens (tertiary/aromatic N) is 2. The van der Waals surface area contributed by atoms with Crippen molar-refractivity contribution >= 4 is 23.4 Å². The number of rotatable bonds is 7. The molecule has 6 nitrogen and oxygen atoms in total. The van der Waals surface area contributed by atoms with Crippen molar-refractivity contribution in [1.29, 1.82) is 0 Å². The summed E-state index contributed by atoms with van der Waals surface area (Å²) >= 11 is 0. The topological polar surface area (TPSA) is 76.1 Å². The van der Waals surface area contributed by atoms with Gasteiger partial charge in [-0.15, -0.1) is 0 Å². The van der Waals surface area contributed by atoms with E-state index in [4.69, 9.17) is 4.74 Å². The van der Waals surface area contributed by atoms with Crippen molar-refractivity contribution in [2.45, 2.75) is 27.2 Å². The number of ether oxygens (including phenoxy) is 1. The summed E-state index contributed by atoms with van der Waals surface area (Å²) < 4.78 is 5.07. The van der Waals surface area contributed by atoms with E-state index in [9.17, 15) is 4.79 Å². The summed E-state index contributed by atoms with van der Waals surface area (Å²) in [5.74, 6) is 0.836. The molecule has 2 N–H and O–H groups in total. The second kappa shape index (κ2) is 8.12. The van der Waals surface area contributed by atoms with Gasteiger partial charge in [-0.3, -0.25) is 0 Å². The van der Waals surface area contributed by atoms with E-state index in [2.05, 4.69) is 27.5 Å². The lowest BCUT2D eigenvalue weighted by molar-refractivity contribution is 0.0527. The molecule has 0 bridgehead atoms. The van der Waals surface area contributed by atoms with Crippen LogP contribution in [0.4, 0.5) is 17.5 Å². The number of carbonyl (C=O) groups excluding carboxylic acids is 1. The van der Waals surface area contributed by atoms with E-state index in [1.807, 2.05) is 19.1 Å². The van der Waals surface area contributed by atoms with Gasteiger partial charge in [-0.05, 0) is 32.4 Å². The zero-order chi connectivity index (χ0) is 16.7. The Bertz CT molecular complexity index is 673. The molecule has 0 saturated carbocycles. The summed E-state index contributed by atoms with van der Waals surface area (Å²) in [7, 11) is 0. The Kier molecular flexibility index (Phi) is 5.91. The molecule has 2 rings (SSSR count). The normalized spacial score (nSPS) is 10.2. The van der Waals surface area contributed by atoms with E-state index >= 15 is 0 Å². The number of esters is 1. The molecule has 1 aromatic heterocycles. The Hall–Kier alpha value is -2.63. The first-order chi connectivity index (χ1) is 11.1. The maximum Gasteiger partial charge on any atom is 0.340 e. The molecule has 0 aliphatic heterocycles. The van der Waals surface area contributed by atoms with Crippen LogP contribution in [0, 0.1) is 6.92 Å². The van der Waals surface area contributed by atoms with Crippen LogP contribution >= 0.6 is 0 Å². The van der Waals surface area contributed by atoms with Gasteiger partial charge >= 0.3 is 5.97 Å². The predicted molar refractivity (Wildman–Crippen MR) is 91.2 cm³/mol. The Balaban J connectivity index is 2.25. The zero-order valence-corrected chi connectivity index (χ0v) is 13.7. The van der Waals surface area contributed by atoms with Gasteiger partial charge in [-0.25, -0.2) is 9.78 Å². The molecule has 1 heterocycles. The number of aromatic nitrogens is 2. The molecule has 122 valence electrons. The quantitative estimate of drug-likeness (QED) is 0.761. The molecule has 0 atom stereocenters. The fraction of sp³-hybridized carbons (Fsp3) is 0.353. The number of anilines is 3. The minimum atomic E-state index is -0.368.